The van der Waals surface area contributed by atoms with E-state index in [4.69, 9.17) is 18.0 Å². The van der Waals surface area contributed by atoms with Crippen LogP contribution in [0.5, 0.6) is 0 Å². The van der Waals surface area contributed by atoms with Gasteiger partial charge in [0.05, 0.1) is 31.1 Å². The van der Waals surface area contributed by atoms with E-state index in [1.807, 2.05) is 13.8 Å². The molecule has 1 aliphatic rings. The molecular formula is C19H27ClN3O3S+. The van der Waals surface area contributed by atoms with E-state index < -0.39 is 15.6 Å². The monoisotopic (exact) mass is 412 g/mol. The number of sulfonamides is 1. The molecule has 1 aromatic rings. The molecule has 2 N–H and O–H groups in total. The molecule has 0 atom stereocenters. The molecule has 1 amide bonds. The van der Waals surface area contributed by atoms with E-state index in [-0.39, 0.29) is 17.3 Å². The second-order valence-corrected chi connectivity index (χ2v) is 9.14. The third kappa shape index (κ3) is 5.23. The minimum Gasteiger partial charge on any atom is -0.335 e. The summed E-state index contributed by atoms with van der Waals surface area (Å²) in [7, 11) is -3.57. The smallest absolute Gasteiger partial charge is 0.276 e. The van der Waals surface area contributed by atoms with E-state index in [0.717, 1.165) is 4.90 Å². The second kappa shape index (κ2) is 9.07. The average Bonchev–Trinajstić information content (AvgIpc) is 2.66. The number of rotatable bonds is 7. The molecule has 1 fully saturated rings. The predicted octanol–water partition coefficient (Wildman–Crippen LogP) is 0.537. The number of amides is 1. The molecule has 0 unspecified atom stereocenters. The molecule has 0 aliphatic carbocycles. The van der Waals surface area contributed by atoms with Crippen LogP contribution < -0.4 is 10.2 Å². The lowest BCUT2D eigenvalue weighted by atomic mass is 9.94. The van der Waals surface area contributed by atoms with Gasteiger partial charge in [-0.05, 0) is 31.0 Å². The van der Waals surface area contributed by atoms with Gasteiger partial charge in [-0.2, -0.15) is 4.31 Å². The third-order valence-electron chi connectivity index (χ3n) is 5.14. The number of terminal acetylenes is 1. The number of piperazine rings is 1. The third-order valence-corrected chi connectivity index (χ3v) is 7.27. The lowest BCUT2D eigenvalue weighted by Crippen LogP contribution is -3.16. The number of hydrogen-bond donors (Lipinski definition) is 2. The van der Waals surface area contributed by atoms with Crippen molar-refractivity contribution in [3.63, 3.8) is 0 Å². The van der Waals surface area contributed by atoms with E-state index in [1.54, 1.807) is 18.2 Å². The Labute approximate surface area is 166 Å². The van der Waals surface area contributed by atoms with Gasteiger partial charge in [-0.15, -0.1) is 6.42 Å². The molecule has 1 aliphatic heterocycles. The highest BCUT2D eigenvalue weighted by Gasteiger charge is 2.32. The number of quaternary nitrogens is 1. The molecule has 1 saturated heterocycles. The van der Waals surface area contributed by atoms with Crippen LogP contribution in [-0.2, 0) is 14.8 Å². The van der Waals surface area contributed by atoms with Crippen molar-refractivity contribution in [3.05, 3.63) is 29.3 Å². The zero-order valence-electron chi connectivity index (χ0n) is 15.8. The van der Waals surface area contributed by atoms with E-state index in [1.165, 1.54) is 10.4 Å². The Morgan fingerprint density at radius 2 is 1.96 bits per heavy atom. The lowest BCUT2D eigenvalue weighted by molar-refractivity contribution is -0.895. The Hall–Kier alpha value is -1.59. The van der Waals surface area contributed by atoms with Crippen LogP contribution >= 0.6 is 11.6 Å². The number of hydrogen-bond acceptors (Lipinski definition) is 3. The summed E-state index contributed by atoms with van der Waals surface area (Å²) >= 11 is 5.91. The maximum Gasteiger partial charge on any atom is 0.276 e. The van der Waals surface area contributed by atoms with Gasteiger partial charge in [0.25, 0.3) is 5.91 Å². The molecule has 0 bridgehead atoms. The fourth-order valence-corrected chi connectivity index (χ4v) is 4.94. The SMILES string of the molecule is C#CC(CC)(CC)NC(=O)C[NH+]1CCN(S(=O)(=O)c2cccc(Cl)c2)CC1. The van der Waals surface area contributed by atoms with Crippen molar-refractivity contribution >= 4 is 27.5 Å². The standard InChI is InChI=1S/C19H26ClN3O3S/c1-4-19(5-2,6-3)21-18(24)15-22-10-12-23(13-11-22)27(25,26)17-9-7-8-16(20)14-17/h1,7-9,14H,5-6,10-13,15H2,2-3H3,(H,21,24)/p+1. The highest BCUT2D eigenvalue weighted by Crippen LogP contribution is 2.19. The maximum atomic E-state index is 12.7. The van der Waals surface area contributed by atoms with Gasteiger partial charge < -0.3 is 10.2 Å². The molecule has 148 valence electrons. The van der Waals surface area contributed by atoms with Crippen LogP contribution in [0, 0.1) is 12.3 Å². The quantitative estimate of drug-likeness (QED) is 0.642. The summed E-state index contributed by atoms with van der Waals surface area (Å²) in [4.78, 5) is 13.6. The molecule has 8 heteroatoms. The molecule has 0 radical (unpaired) electrons. The fourth-order valence-electron chi connectivity index (χ4n) is 3.20. The van der Waals surface area contributed by atoms with Gasteiger partial charge in [0, 0.05) is 5.02 Å². The molecule has 2 rings (SSSR count). The molecule has 0 aromatic heterocycles. The molecule has 0 saturated carbocycles. The van der Waals surface area contributed by atoms with Crippen LogP contribution in [0.1, 0.15) is 26.7 Å². The lowest BCUT2D eigenvalue weighted by Gasteiger charge is -2.32. The minimum absolute atomic E-state index is 0.0993. The van der Waals surface area contributed by atoms with E-state index in [2.05, 4.69) is 11.2 Å². The topological polar surface area (TPSA) is 70.9 Å². The van der Waals surface area contributed by atoms with Gasteiger partial charge >= 0.3 is 0 Å². The van der Waals surface area contributed by atoms with Crippen LogP contribution in [0.15, 0.2) is 29.2 Å². The molecular weight excluding hydrogens is 386 g/mol. The molecule has 1 heterocycles. The first kappa shape index (κ1) is 21.7. The van der Waals surface area contributed by atoms with Crippen molar-refractivity contribution in [2.75, 3.05) is 32.7 Å². The van der Waals surface area contributed by atoms with Crippen LogP contribution in [0.25, 0.3) is 0 Å². The molecule has 27 heavy (non-hydrogen) atoms. The first-order chi connectivity index (χ1) is 12.8. The normalized spacial score (nSPS) is 16.7. The summed E-state index contributed by atoms with van der Waals surface area (Å²) in [5, 5.41) is 3.35. The number of halogens is 1. The van der Waals surface area contributed by atoms with E-state index in [0.29, 0.717) is 44.0 Å². The minimum atomic E-state index is -3.57. The first-order valence-corrected chi connectivity index (χ1v) is 11.0. The first-order valence-electron chi connectivity index (χ1n) is 9.14. The van der Waals surface area contributed by atoms with Crippen LogP contribution in [0.4, 0.5) is 0 Å². The summed E-state index contributed by atoms with van der Waals surface area (Å²) in [6, 6.07) is 6.27. The Morgan fingerprint density at radius 1 is 1.33 bits per heavy atom. The van der Waals surface area contributed by atoms with Crippen molar-refractivity contribution in [2.24, 2.45) is 0 Å². The molecule has 1 aromatic carbocycles. The summed E-state index contributed by atoms with van der Waals surface area (Å²) in [6.07, 6.45) is 6.93. The van der Waals surface area contributed by atoms with Gasteiger partial charge in [0.15, 0.2) is 6.54 Å². The zero-order chi connectivity index (χ0) is 20.1. The van der Waals surface area contributed by atoms with E-state index >= 15 is 0 Å². The van der Waals surface area contributed by atoms with Gasteiger partial charge in [0.2, 0.25) is 10.0 Å². The van der Waals surface area contributed by atoms with Crippen molar-refractivity contribution < 1.29 is 18.1 Å². The molecule has 6 nitrogen and oxygen atoms in total. The number of nitrogens with zero attached hydrogens (tertiary/aromatic N) is 1. The van der Waals surface area contributed by atoms with Crippen molar-refractivity contribution in [1.29, 1.82) is 0 Å². The second-order valence-electron chi connectivity index (χ2n) is 6.77. The summed E-state index contributed by atoms with van der Waals surface area (Å²) in [5.41, 5.74) is -0.603. The number of carbonyl (C=O) groups excluding carboxylic acids is 1. The highest BCUT2D eigenvalue weighted by atomic mass is 35.5. The van der Waals surface area contributed by atoms with Crippen LogP contribution in [0.2, 0.25) is 5.02 Å². The van der Waals surface area contributed by atoms with Crippen LogP contribution in [-0.4, -0.2) is 56.9 Å². The van der Waals surface area contributed by atoms with Gasteiger partial charge in [-0.1, -0.05) is 37.4 Å². The maximum absolute atomic E-state index is 12.7. The Balaban J connectivity index is 1.94. The fraction of sp³-hybridized carbons (Fsp3) is 0.526. The Morgan fingerprint density at radius 3 is 2.48 bits per heavy atom. The van der Waals surface area contributed by atoms with Gasteiger partial charge in [-0.25, -0.2) is 8.42 Å². The van der Waals surface area contributed by atoms with Crippen molar-refractivity contribution in [1.82, 2.24) is 9.62 Å². The molecule has 0 spiro atoms. The largest absolute Gasteiger partial charge is 0.335 e. The zero-order valence-corrected chi connectivity index (χ0v) is 17.4. The number of benzene rings is 1. The Bertz CT molecular complexity index is 808. The summed E-state index contributed by atoms with van der Waals surface area (Å²) in [5.74, 6) is 2.59. The predicted molar refractivity (Wildman–Crippen MR) is 106 cm³/mol. The van der Waals surface area contributed by atoms with Crippen molar-refractivity contribution in [3.8, 4) is 12.3 Å². The van der Waals surface area contributed by atoms with Gasteiger partial charge in [-0.3, -0.25) is 4.79 Å². The van der Waals surface area contributed by atoms with Crippen LogP contribution in [0.3, 0.4) is 0 Å². The Kier molecular flexibility index (Phi) is 7.29. The number of nitrogens with one attached hydrogen (secondary N) is 2. The number of carbonyl (C=O) groups is 1. The summed E-state index contributed by atoms with van der Waals surface area (Å²) < 4.78 is 26.9. The highest BCUT2D eigenvalue weighted by molar-refractivity contribution is 7.89. The average molecular weight is 413 g/mol. The van der Waals surface area contributed by atoms with Gasteiger partial charge in [0.1, 0.15) is 5.54 Å². The van der Waals surface area contributed by atoms with Crippen molar-refractivity contribution in [2.45, 2.75) is 37.1 Å². The van der Waals surface area contributed by atoms with E-state index in [9.17, 15) is 13.2 Å². The summed E-state index contributed by atoms with van der Waals surface area (Å²) in [6.45, 7) is 6.04.